The second-order valence-electron chi connectivity index (χ2n) is 6.21. The Morgan fingerprint density at radius 1 is 1.17 bits per heavy atom. The molecule has 0 saturated carbocycles. The number of hydrogen-bond acceptors (Lipinski definition) is 7. The summed E-state index contributed by atoms with van der Waals surface area (Å²) in [5.74, 6) is 0.0551. The maximum Gasteiger partial charge on any atom is 0.338 e. The molecule has 0 unspecified atom stereocenters. The van der Waals surface area contributed by atoms with E-state index in [-0.39, 0.29) is 19.1 Å². The first-order chi connectivity index (χ1) is 14.1. The van der Waals surface area contributed by atoms with Gasteiger partial charge in [-0.05, 0) is 24.3 Å². The molecule has 1 amide bonds. The number of halogens is 1. The van der Waals surface area contributed by atoms with Gasteiger partial charge in [0, 0.05) is 24.8 Å². The Labute approximate surface area is 173 Å². The molecule has 0 N–H and O–H groups in total. The monoisotopic (exact) mass is 420 g/mol. The molecular formula is C20H21ClN2O6. The van der Waals surface area contributed by atoms with Crippen LogP contribution in [0.4, 0.5) is 0 Å². The maximum atomic E-state index is 12.3. The number of benzene rings is 1. The average Bonchev–Trinajstić information content (AvgIpc) is 2.77. The minimum Gasteiger partial charge on any atom is -0.493 e. The van der Waals surface area contributed by atoms with Gasteiger partial charge in [-0.3, -0.25) is 4.79 Å². The van der Waals surface area contributed by atoms with Gasteiger partial charge in [-0.25, -0.2) is 9.78 Å². The van der Waals surface area contributed by atoms with E-state index in [1.165, 1.54) is 13.2 Å². The quantitative estimate of drug-likeness (QED) is 0.501. The molecule has 2 heterocycles. The maximum absolute atomic E-state index is 12.3. The molecule has 2 aromatic rings. The van der Waals surface area contributed by atoms with Crippen molar-refractivity contribution in [1.29, 1.82) is 0 Å². The number of esters is 1. The molecular weight excluding hydrogens is 400 g/mol. The van der Waals surface area contributed by atoms with Crippen molar-refractivity contribution in [3.63, 3.8) is 0 Å². The van der Waals surface area contributed by atoms with Crippen LogP contribution in [-0.4, -0.2) is 61.8 Å². The van der Waals surface area contributed by atoms with E-state index in [1.807, 2.05) is 0 Å². The summed E-state index contributed by atoms with van der Waals surface area (Å²) in [6.45, 7) is 2.09. The van der Waals surface area contributed by atoms with Crippen molar-refractivity contribution in [3.05, 3.63) is 52.8 Å². The van der Waals surface area contributed by atoms with Crippen LogP contribution in [0.15, 0.2) is 36.5 Å². The van der Waals surface area contributed by atoms with E-state index in [9.17, 15) is 9.59 Å². The summed E-state index contributed by atoms with van der Waals surface area (Å²) in [6.07, 6.45) is 1.54. The van der Waals surface area contributed by atoms with Gasteiger partial charge in [-0.15, -0.1) is 0 Å². The van der Waals surface area contributed by atoms with E-state index in [4.69, 9.17) is 30.5 Å². The molecule has 154 valence electrons. The lowest BCUT2D eigenvalue weighted by molar-refractivity contribution is -0.137. The van der Waals surface area contributed by atoms with Gasteiger partial charge in [0.15, 0.2) is 18.1 Å². The van der Waals surface area contributed by atoms with Crippen molar-refractivity contribution in [2.24, 2.45) is 0 Å². The fraction of sp³-hybridized carbons (Fsp3) is 0.350. The van der Waals surface area contributed by atoms with Crippen LogP contribution >= 0.6 is 11.6 Å². The molecule has 29 heavy (non-hydrogen) atoms. The standard InChI is InChI=1S/C20H21ClN2O6/c1-26-17-10-15(20(25)29-12-14-2-5-18(21)22-11-14)3-4-16(17)28-13-19(24)23-6-8-27-9-7-23/h2-5,10-11H,6-9,12-13H2,1H3. The third kappa shape index (κ3) is 5.82. The molecule has 1 aliphatic rings. The molecule has 3 rings (SSSR count). The molecule has 1 saturated heterocycles. The molecule has 1 aromatic heterocycles. The summed E-state index contributed by atoms with van der Waals surface area (Å²) in [4.78, 5) is 30.1. The minimum absolute atomic E-state index is 0.0671. The molecule has 0 spiro atoms. The van der Waals surface area contributed by atoms with Crippen LogP contribution in [0.2, 0.25) is 5.15 Å². The van der Waals surface area contributed by atoms with E-state index in [2.05, 4.69) is 4.98 Å². The number of carbonyl (C=O) groups is 2. The lowest BCUT2D eigenvalue weighted by Gasteiger charge is -2.26. The van der Waals surface area contributed by atoms with Gasteiger partial charge < -0.3 is 23.8 Å². The van der Waals surface area contributed by atoms with E-state index < -0.39 is 5.97 Å². The molecule has 8 nitrogen and oxygen atoms in total. The van der Waals surface area contributed by atoms with Crippen LogP contribution in [0.5, 0.6) is 11.5 Å². The fourth-order valence-corrected chi connectivity index (χ4v) is 2.79. The summed E-state index contributed by atoms with van der Waals surface area (Å²) < 4.78 is 21.4. The first kappa shape index (κ1) is 20.9. The summed E-state index contributed by atoms with van der Waals surface area (Å²) >= 11 is 5.73. The van der Waals surface area contributed by atoms with Crippen LogP contribution in [0.1, 0.15) is 15.9 Å². The topological polar surface area (TPSA) is 87.2 Å². The van der Waals surface area contributed by atoms with Crippen molar-refractivity contribution >= 4 is 23.5 Å². The lowest BCUT2D eigenvalue weighted by Crippen LogP contribution is -2.43. The third-order valence-electron chi connectivity index (χ3n) is 4.27. The molecule has 0 radical (unpaired) electrons. The average molecular weight is 421 g/mol. The second kappa shape index (κ2) is 10.1. The number of methoxy groups -OCH3 is 1. The van der Waals surface area contributed by atoms with E-state index >= 15 is 0 Å². The van der Waals surface area contributed by atoms with Gasteiger partial charge in [0.1, 0.15) is 11.8 Å². The van der Waals surface area contributed by atoms with Gasteiger partial charge in [0.25, 0.3) is 5.91 Å². The number of amides is 1. The smallest absolute Gasteiger partial charge is 0.338 e. The zero-order valence-corrected chi connectivity index (χ0v) is 16.7. The molecule has 0 aliphatic carbocycles. The van der Waals surface area contributed by atoms with Crippen molar-refractivity contribution in [3.8, 4) is 11.5 Å². The van der Waals surface area contributed by atoms with Crippen LogP contribution in [-0.2, 0) is 20.9 Å². The molecule has 0 bridgehead atoms. The number of morpholine rings is 1. The van der Waals surface area contributed by atoms with Crippen LogP contribution in [0.3, 0.4) is 0 Å². The van der Waals surface area contributed by atoms with Gasteiger partial charge >= 0.3 is 5.97 Å². The molecule has 1 aromatic carbocycles. The molecule has 1 fully saturated rings. The van der Waals surface area contributed by atoms with Crippen molar-refractivity contribution < 1.29 is 28.5 Å². The predicted octanol–water partition coefficient (Wildman–Crippen LogP) is 2.34. The molecule has 9 heteroatoms. The highest BCUT2D eigenvalue weighted by atomic mass is 35.5. The highest BCUT2D eigenvalue weighted by Gasteiger charge is 2.19. The number of ether oxygens (including phenoxy) is 4. The first-order valence-electron chi connectivity index (χ1n) is 9.00. The van der Waals surface area contributed by atoms with Crippen molar-refractivity contribution in [2.75, 3.05) is 40.0 Å². The molecule has 0 atom stereocenters. The van der Waals surface area contributed by atoms with Gasteiger partial charge in [-0.2, -0.15) is 0 Å². The Morgan fingerprint density at radius 2 is 1.97 bits per heavy atom. The highest BCUT2D eigenvalue weighted by Crippen LogP contribution is 2.28. The number of pyridine rings is 1. The SMILES string of the molecule is COc1cc(C(=O)OCc2ccc(Cl)nc2)ccc1OCC(=O)N1CCOCC1. The van der Waals surface area contributed by atoms with Gasteiger partial charge in [-0.1, -0.05) is 17.7 Å². The van der Waals surface area contributed by atoms with E-state index in [1.54, 1.807) is 35.4 Å². The predicted molar refractivity (Wildman–Crippen MR) is 104 cm³/mol. The molecule has 1 aliphatic heterocycles. The number of hydrogen-bond donors (Lipinski definition) is 0. The van der Waals surface area contributed by atoms with Gasteiger partial charge in [0.2, 0.25) is 0 Å². The Balaban J connectivity index is 1.57. The largest absolute Gasteiger partial charge is 0.493 e. The normalized spacial score (nSPS) is 13.7. The Morgan fingerprint density at radius 3 is 2.66 bits per heavy atom. The number of aromatic nitrogens is 1. The zero-order chi connectivity index (χ0) is 20.6. The number of carbonyl (C=O) groups excluding carboxylic acids is 2. The Hall–Kier alpha value is -2.84. The lowest BCUT2D eigenvalue weighted by atomic mass is 10.2. The zero-order valence-electron chi connectivity index (χ0n) is 15.9. The highest BCUT2D eigenvalue weighted by molar-refractivity contribution is 6.29. The fourth-order valence-electron chi connectivity index (χ4n) is 2.68. The summed E-state index contributed by atoms with van der Waals surface area (Å²) in [7, 11) is 1.46. The first-order valence-corrected chi connectivity index (χ1v) is 9.38. The summed E-state index contributed by atoms with van der Waals surface area (Å²) in [5.41, 5.74) is 1.02. The minimum atomic E-state index is -0.519. The Bertz CT molecular complexity index is 853. The van der Waals surface area contributed by atoms with E-state index in [0.717, 1.165) is 5.56 Å². The van der Waals surface area contributed by atoms with E-state index in [0.29, 0.717) is 48.5 Å². The number of rotatable bonds is 7. The number of nitrogens with zero attached hydrogens (tertiary/aromatic N) is 2. The van der Waals surface area contributed by atoms with Crippen molar-refractivity contribution in [1.82, 2.24) is 9.88 Å². The van der Waals surface area contributed by atoms with Crippen LogP contribution in [0.25, 0.3) is 0 Å². The van der Waals surface area contributed by atoms with Crippen molar-refractivity contribution in [2.45, 2.75) is 6.61 Å². The second-order valence-corrected chi connectivity index (χ2v) is 6.60. The van der Waals surface area contributed by atoms with Crippen LogP contribution in [0, 0.1) is 0 Å². The van der Waals surface area contributed by atoms with Crippen LogP contribution < -0.4 is 9.47 Å². The van der Waals surface area contributed by atoms with Gasteiger partial charge in [0.05, 0.1) is 25.9 Å². The third-order valence-corrected chi connectivity index (χ3v) is 4.50. The summed E-state index contributed by atoms with van der Waals surface area (Å²) in [6, 6.07) is 7.99. The Kier molecular flexibility index (Phi) is 7.26. The summed E-state index contributed by atoms with van der Waals surface area (Å²) in [5, 5.41) is 0.368.